The smallest absolute Gasteiger partial charge is 0.408 e. The number of alkyl carbamates (subject to hydrolysis) is 1. The van der Waals surface area contributed by atoms with Gasteiger partial charge in [-0.3, -0.25) is 14.6 Å². The van der Waals surface area contributed by atoms with Gasteiger partial charge in [0.15, 0.2) is 10.8 Å². The van der Waals surface area contributed by atoms with Crippen LogP contribution in [0.25, 0.3) is 0 Å². The molecule has 11 nitrogen and oxygen atoms in total. The molecule has 3 heterocycles. The second kappa shape index (κ2) is 11.2. The van der Waals surface area contributed by atoms with Crippen LogP contribution in [0, 0.1) is 5.92 Å². The van der Waals surface area contributed by atoms with E-state index in [1.165, 1.54) is 18.3 Å². The number of nitrogens with zero attached hydrogens (tertiary/aromatic N) is 3. The summed E-state index contributed by atoms with van der Waals surface area (Å²) in [5.41, 5.74) is 0.737. The van der Waals surface area contributed by atoms with Crippen molar-refractivity contribution in [3.05, 3.63) is 54.5 Å². The Balaban J connectivity index is 1.61. The van der Waals surface area contributed by atoms with E-state index in [2.05, 4.69) is 20.6 Å². The molecule has 1 aliphatic heterocycles. The highest BCUT2D eigenvalue weighted by atomic mass is 32.2. The van der Waals surface area contributed by atoms with Gasteiger partial charge >= 0.3 is 6.09 Å². The van der Waals surface area contributed by atoms with E-state index in [4.69, 9.17) is 4.74 Å². The van der Waals surface area contributed by atoms with Crippen molar-refractivity contribution in [3.8, 4) is 0 Å². The van der Waals surface area contributed by atoms with Gasteiger partial charge in [-0.2, -0.15) is 4.31 Å². The van der Waals surface area contributed by atoms with E-state index in [0.717, 1.165) is 9.87 Å². The third-order valence-corrected chi connectivity index (χ3v) is 6.83. The summed E-state index contributed by atoms with van der Waals surface area (Å²) in [6.07, 6.45) is 4.01. The number of pyridine rings is 2. The lowest BCUT2D eigenvalue weighted by atomic mass is 10.0. The highest BCUT2D eigenvalue weighted by Crippen LogP contribution is 2.18. The van der Waals surface area contributed by atoms with Gasteiger partial charge < -0.3 is 15.4 Å². The Morgan fingerprint density at radius 3 is 2.56 bits per heavy atom. The molecule has 2 aromatic rings. The van der Waals surface area contributed by atoms with Gasteiger partial charge in [-0.1, -0.05) is 19.9 Å². The van der Waals surface area contributed by atoms with E-state index in [9.17, 15) is 22.8 Å². The number of hydrogen-bond donors (Lipinski definition) is 2. The molecule has 0 bridgehead atoms. The van der Waals surface area contributed by atoms with Gasteiger partial charge in [0.25, 0.3) is 10.0 Å². The maximum absolute atomic E-state index is 12.9. The van der Waals surface area contributed by atoms with E-state index in [1.54, 1.807) is 30.6 Å². The Bertz CT molecular complexity index is 1110. The van der Waals surface area contributed by atoms with Crippen molar-refractivity contribution in [3.63, 3.8) is 0 Å². The van der Waals surface area contributed by atoms with E-state index < -0.39 is 39.9 Å². The van der Waals surface area contributed by atoms with Crippen LogP contribution in [0.15, 0.2) is 53.9 Å². The van der Waals surface area contributed by atoms with Crippen LogP contribution in [0.5, 0.6) is 0 Å². The summed E-state index contributed by atoms with van der Waals surface area (Å²) < 4.78 is 31.6. The zero-order valence-corrected chi connectivity index (χ0v) is 19.7. The van der Waals surface area contributed by atoms with Crippen LogP contribution in [0.3, 0.4) is 0 Å². The summed E-state index contributed by atoms with van der Waals surface area (Å²) in [7, 11) is -3.98. The molecular weight excluding hydrogens is 462 g/mol. The van der Waals surface area contributed by atoms with Crippen molar-refractivity contribution in [1.29, 1.82) is 0 Å². The Labute approximate surface area is 198 Å². The van der Waals surface area contributed by atoms with E-state index >= 15 is 0 Å². The van der Waals surface area contributed by atoms with Gasteiger partial charge in [0.1, 0.15) is 18.7 Å². The minimum absolute atomic E-state index is 0.00578. The van der Waals surface area contributed by atoms with Crippen molar-refractivity contribution < 1.29 is 27.5 Å². The number of carbonyl (C=O) groups excluding carboxylic acids is 3. The molecule has 34 heavy (non-hydrogen) atoms. The quantitative estimate of drug-likeness (QED) is 0.527. The summed E-state index contributed by atoms with van der Waals surface area (Å²) >= 11 is 0. The minimum Gasteiger partial charge on any atom is -0.445 e. The first-order valence-corrected chi connectivity index (χ1v) is 12.2. The molecule has 2 amide bonds. The molecule has 1 saturated heterocycles. The van der Waals surface area contributed by atoms with Gasteiger partial charge in [-0.25, -0.2) is 18.2 Å². The van der Waals surface area contributed by atoms with Crippen molar-refractivity contribution >= 4 is 27.8 Å². The first-order chi connectivity index (χ1) is 16.2. The fourth-order valence-corrected chi connectivity index (χ4v) is 4.73. The Kier molecular flexibility index (Phi) is 8.29. The van der Waals surface area contributed by atoms with E-state index in [-0.39, 0.29) is 30.6 Å². The standard InChI is InChI=1S/C22H27N5O6S/c1-15(2)11-17(26-22(30)33-14-16-6-9-23-10-7-16)21(29)25-18-12-27(13-19(18)28)34(31,32)20-5-3-4-8-24-20/h3-10,15,17-18H,11-14H2,1-2H3,(H,25,29)(H,26,30)/t17-,18?/m0/s1. The van der Waals surface area contributed by atoms with Gasteiger partial charge in [0.2, 0.25) is 5.91 Å². The number of ether oxygens (including phenoxy) is 1. The molecule has 0 radical (unpaired) electrons. The lowest BCUT2D eigenvalue weighted by molar-refractivity contribution is -0.127. The number of aromatic nitrogens is 2. The van der Waals surface area contributed by atoms with Crippen molar-refractivity contribution in [2.45, 2.75) is 44.0 Å². The predicted octanol–water partition coefficient (Wildman–Crippen LogP) is 0.876. The van der Waals surface area contributed by atoms with Gasteiger partial charge in [0.05, 0.1) is 6.54 Å². The molecule has 0 aromatic carbocycles. The van der Waals surface area contributed by atoms with Crippen LogP contribution in [0.4, 0.5) is 4.79 Å². The molecule has 2 aromatic heterocycles. The molecule has 0 aliphatic carbocycles. The third-order valence-electron chi connectivity index (χ3n) is 5.10. The molecule has 2 atom stereocenters. The number of ketones is 1. The molecule has 182 valence electrons. The monoisotopic (exact) mass is 489 g/mol. The fraction of sp³-hybridized carbons (Fsp3) is 0.409. The zero-order chi connectivity index (χ0) is 24.7. The lowest BCUT2D eigenvalue weighted by Gasteiger charge is -2.22. The summed E-state index contributed by atoms with van der Waals surface area (Å²) in [5, 5.41) is 4.93. The molecule has 0 spiro atoms. The maximum atomic E-state index is 12.9. The highest BCUT2D eigenvalue weighted by molar-refractivity contribution is 7.89. The van der Waals surface area contributed by atoms with Crippen LogP contribution >= 0.6 is 0 Å². The largest absolute Gasteiger partial charge is 0.445 e. The van der Waals surface area contributed by atoms with Crippen molar-refractivity contribution in [2.24, 2.45) is 5.92 Å². The number of rotatable bonds is 9. The molecular formula is C22H27N5O6S. The second-order valence-electron chi connectivity index (χ2n) is 8.25. The number of sulfonamides is 1. The van der Waals surface area contributed by atoms with E-state index in [1.807, 2.05) is 13.8 Å². The number of carbonyl (C=O) groups is 3. The number of hydrogen-bond acceptors (Lipinski definition) is 8. The Morgan fingerprint density at radius 1 is 1.18 bits per heavy atom. The summed E-state index contributed by atoms with van der Waals surface area (Å²) in [6.45, 7) is 3.18. The molecule has 1 unspecified atom stereocenters. The van der Waals surface area contributed by atoms with Crippen LogP contribution in [-0.4, -0.2) is 65.6 Å². The Morgan fingerprint density at radius 2 is 1.91 bits per heavy atom. The molecule has 12 heteroatoms. The van der Waals surface area contributed by atoms with Crippen molar-refractivity contribution in [2.75, 3.05) is 13.1 Å². The second-order valence-corrected chi connectivity index (χ2v) is 10.1. The van der Waals surface area contributed by atoms with Gasteiger partial charge in [-0.05, 0) is 42.2 Å². The highest BCUT2D eigenvalue weighted by Gasteiger charge is 2.40. The van der Waals surface area contributed by atoms with Gasteiger partial charge in [0, 0.05) is 25.1 Å². The summed E-state index contributed by atoms with van der Waals surface area (Å²) in [5.74, 6) is -0.988. The average Bonchev–Trinajstić information content (AvgIpc) is 3.19. The van der Waals surface area contributed by atoms with Crippen molar-refractivity contribution in [1.82, 2.24) is 24.9 Å². The number of nitrogens with one attached hydrogen (secondary N) is 2. The van der Waals surface area contributed by atoms with Gasteiger partial charge in [-0.15, -0.1) is 0 Å². The third kappa shape index (κ3) is 6.58. The van der Waals surface area contributed by atoms with Crippen LogP contribution in [0.1, 0.15) is 25.8 Å². The SMILES string of the molecule is CC(C)C[C@H](NC(=O)OCc1ccncc1)C(=O)NC1CN(S(=O)(=O)c2ccccn2)CC1=O. The Hall–Kier alpha value is -3.38. The van der Waals surface area contributed by atoms with Crippen LogP contribution < -0.4 is 10.6 Å². The number of Topliss-reactive ketones (excluding diaryl/α,β-unsaturated/α-hetero) is 1. The number of amides is 2. The fourth-order valence-electron chi connectivity index (χ4n) is 3.38. The lowest BCUT2D eigenvalue weighted by Crippen LogP contribution is -2.52. The minimum atomic E-state index is -3.98. The summed E-state index contributed by atoms with van der Waals surface area (Å²) in [4.78, 5) is 45.4. The van der Waals surface area contributed by atoms with Crippen LogP contribution in [-0.2, 0) is 31.0 Å². The first kappa shape index (κ1) is 25.2. The molecule has 2 N–H and O–H groups in total. The molecule has 0 saturated carbocycles. The zero-order valence-electron chi connectivity index (χ0n) is 18.9. The molecule has 1 aliphatic rings. The summed E-state index contributed by atoms with van der Waals surface area (Å²) in [6, 6.07) is 5.86. The maximum Gasteiger partial charge on any atom is 0.408 e. The van der Waals surface area contributed by atoms with Crippen LogP contribution in [0.2, 0.25) is 0 Å². The van der Waals surface area contributed by atoms with E-state index in [0.29, 0.717) is 6.42 Å². The predicted molar refractivity (Wildman–Crippen MR) is 121 cm³/mol. The normalized spacial score (nSPS) is 17.4. The molecule has 3 rings (SSSR count). The topological polar surface area (TPSA) is 148 Å². The average molecular weight is 490 g/mol. The molecule has 1 fully saturated rings. The first-order valence-electron chi connectivity index (χ1n) is 10.7.